The van der Waals surface area contributed by atoms with Crippen LogP contribution in [0.25, 0.3) is 0 Å². The number of alkyl halides is 1. The van der Waals surface area contributed by atoms with Crippen molar-refractivity contribution in [2.24, 2.45) is 0 Å². The summed E-state index contributed by atoms with van der Waals surface area (Å²) < 4.78 is 46.1. The summed E-state index contributed by atoms with van der Waals surface area (Å²) in [5.41, 5.74) is 2.03. The lowest BCUT2D eigenvalue weighted by Crippen LogP contribution is -2.59. The third kappa shape index (κ3) is 4.17. The van der Waals surface area contributed by atoms with Crippen LogP contribution >= 0.6 is 15.9 Å². The molecule has 0 amide bonds. The van der Waals surface area contributed by atoms with E-state index in [1.807, 2.05) is 37.3 Å². The van der Waals surface area contributed by atoms with E-state index in [0.29, 0.717) is 13.2 Å². The summed E-state index contributed by atoms with van der Waals surface area (Å²) in [4.78, 5) is -0.0664. The van der Waals surface area contributed by atoms with E-state index in [2.05, 4.69) is 20.7 Å². The number of sulfonamides is 1. The molecule has 0 saturated carbocycles. The predicted molar refractivity (Wildman–Crippen MR) is 108 cm³/mol. The van der Waals surface area contributed by atoms with Crippen molar-refractivity contribution >= 4 is 26.0 Å². The molecule has 2 heterocycles. The zero-order valence-electron chi connectivity index (χ0n) is 15.3. The van der Waals surface area contributed by atoms with Crippen LogP contribution in [0.1, 0.15) is 11.1 Å². The third-order valence-electron chi connectivity index (χ3n) is 4.97. The average Bonchev–Trinajstić information content (AvgIpc) is 3.12. The van der Waals surface area contributed by atoms with Gasteiger partial charge in [0.2, 0.25) is 10.0 Å². The Kier molecular flexibility index (Phi) is 5.87. The van der Waals surface area contributed by atoms with Crippen LogP contribution in [0.5, 0.6) is 0 Å². The molecule has 2 fully saturated rings. The summed E-state index contributed by atoms with van der Waals surface area (Å²) in [6.07, 6.45) is -1.32. The van der Waals surface area contributed by atoms with Gasteiger partial charge in [0.05, 0.1) is 29.0 Å². The van der Waals surface area contributed by atoms with Crippen LogP contribution in [0, 0.1) is 6.92 Å². The minimum Gasteiger partial charge on any atom is -0.367 e. The molecule has 2 bridgehead atoms. The maximum Gasteiger partial charge on any atom is 0.240 e. The first-order valence-corrected chi connectivity index (χ1v) is 11.5. The van der Waals surface area contributed by atoms with Crippen molar-refractivity contribution in [1.29, 1.82) is 0 Å². The molecule has 5 atom stereocenters. The molecule has 150 valence electrons. The Bertz CT molecular complexity index is 906. The van der Waals surface area contributed by atoms with Crippen molar-refractivity contribution < 1.29 is 22.6 Å². The van der Waals surface area contributed by atoms with Gasteiger partial charge in [-0.05, 0) is 24.6 Å². The van der Waals surface area contributed by atoms with Gasteiger partial charge in [0.1, 0.15) is 12.2 Å². The molecular weight excluding hydrogens is 446 g/mol. The Morgan fingerprint density at radius 3 is 2.57 bits per heavy atom. The molecule has 6 nitrogen and oxygen atoms in total. The second-order valence-electron chi connectivity index (χ2n) is 7.04. The van der Waals surface area contributed by atoms with Crippen LogP contribution in [-0.2, 0) is 30.8 Å². The molecule has 4 rings (SSSR count). The highest BCUT2D eigenvalue weighted by molar-refractivity contribution is 9.09. The van der Waals surface area contributed by atoms with Crippen molar-refractivity contribution in [2.75, 3.05) is 6.61 Å². The third-order valence-corrected chi connectivity index (χ3v) is 7.53. The first-order valence-electron chi connectivity index (χ1n) is 9.10. The van der Waals surface area contributed by atoms with Gasteiger partial charge in [0.25, 0.3) is 0 Å². The topological polar surface area (TPSA) is 73.9 Å². The minimum atomic E-state index is -3.70. The number of hydrogen-bond acceptors (Lipinski definition) is 5. The van der Waals surface area contributed by atoms with E-state index in [9.17, 15) is 8.42 Å². The van der Waals surface area contributed by atoms with Gasteiger partial charge in [0, 0.05) is 0 Å². The van der Waals surface area contributed by atoms with Gasteiger partial charge < -0.3 is 14.2 Å². The van der Waals surface area contributed by atoms with Crippen molar-refractivity contribution in [2.45, 2.75) is 47.8 Å². The highest BCUT2D eigenvalue weighted by atomic mass is 79.9. The Hall–Kier alpha value is -1.29. The van der Waals surface area contributed by atoms with E-state index >= 15 is 0 Å². The first kappa shape index (κ1) is 20.0. The molecule has 2 aliphatic rings. The maximum absolute atomic E-state index is 12.8. The molecule has 2 aliphatic heterocycles. The normalized spacial score (nSPS) is 29.7. The molecule has 28 heavy (non-hydrogen) atoms. The fourth-order valence-corrected chi connectivity index (χ4v) is 5.74. The number of benzene rings is 2. The van der Waals surface area contributed by atoms with Gasteiger partial charge >= 0.3 is 0 Å². The molecule has 2 aromatic carbocycles. The number of halogens is 1. The van der Waals surface area contributed by atoms with Crippen LogP contribution in [0.3, 0.4) is 0 Å². The van der Waals surface area contributed by atoms with Gasteiger partial charge in [-0.15, -0.1) is 0 Å². The van der Waals surface area contributed by atoms with E-state index in [1.165, 1.54) is 0 Å². The van der Waals surface area contributed by atoms with Gasteiger partial charge in [-0.25, -0.2) is 13.1 Å². The fraction of sp³-hybridized carbons (Fsp3) is 0.400. The van der Waals surface area contributed by atoms with E-state index in [-0.39, 0.29) is 15.8 Å². The molecule has 0 spiro atoms. The summed E-state index contributed by atoms with van der Waals surface area (Å²) in [5, 5.41) is 0. The summed E-state index contributed by atoms with van der Waals surface area (Å²) >= 11 is 3.64. The van der Waals surface area contributed by atoms with Crippen LogP contribution < -0.4 is 4.72 Å². The number of fused-ring (bicyclic) bond motifs is 2. The van der Waals surface area contributed by atoms with Crippen LogP contribution in [-0.4, -0.2) is 44.4 Å². The first-order chi connectivity index (χ1) is 13.4. The monoisotopic (exact) mass is 467 g/mol. The maximum atomic E-state index is 12.8. The summed E-state index contributed by atoms with van der Waals surface area (Å²) in [5.74, 6) is 0. The zero-order chi connectivity index (χ0) is 19.7. The van der Waals surface area contributed by atoms with Crippen molar-refractivity contribution in [3.05, 3.63) is 65.7 Å². The van der Waals surface area contributed by atoms with Crippen molar-refractivity contribution in [3.63, 3.8) is 0 Å². The molecule has 0 radical (unpaired) electrons. The molecule has 0 aromatic heterocycles. The van der Waals surface area contributed by atoms with E-state index in [1.54, 1.807) is 24.3 Å². The van der Waals surface area contributed by atoms with Crippen LogP contribution in [0.2, 0.25) is 0 Å². The van der Waals surface area contributed by atoms with E-state index in [0.717, 1.165) is 11.1 Å². The quantitative estimate of drug-likeness (QED) is 0.661. The second kappa shape index (κ2) is 8.22. The molecule has 2 saturated heterocycles. The SMILES string of the molecule is Cc1ccc(S(=O)(=O)N[C@H]2[C@H](Br)[C@@H](OCc3ccccc3)[C@@H]3OC[C@H]2O3)cc1. The molecule has 1 N–H and O–H groups in total. The Morgan fingerprint density at radius 1 is 1.14 bits per heavy atom. The van der Waals surface area contributed by atoms with E-state index < -0.39 is 28.5 Å². The Balaban J connectivity index is 1.49. The molecule has 0 unspecified atom stereocenters. The van der Waals surface area contributed by atoms with Gasteiger partial charge in [-0.1, -0.05) is 64.0 Å². The molecule has 8 heteroatoms. The Labute approximate surface area is 173 Å². The molecule has 2 aromatic rings. The smallest absolute Gasteiger partial charge is 0.240 e. The number of nitrogens with one attached hydrogen (secondary N) is 1. The fourth-order valence-electron chi connectivity index (χ4n) is 3.40. The average molecular weight is 468 g/mol. The van der Waals surface area contributed by atoms with Gasteiger partial charge in [-0.2, -0.15) is 0 Å². The zero-order valence-corrected chi connectivity index (χ0v) is 17.7. The number of rotatable bonds is 6. The standard InChI is InChI=1S/C20H22BrNO5S/c1-13-7-9-15(10-8-13)28(23,24)22-18-16-12-26-20(27-16)19(17(18)21)25-11-14-5-3-2-4-6-14/h2-10,16-20,22H,11-12H2,1H3/t16-,17+,18-,19-,20-/m1/s1. The van der Waals surface area contributed by atoms with Crippen molar-refractivity contribution in [1.82, 2.24) is 4.72 Å². The Morgan fingerprint density at radius 2 is 1.86 bits per heavy atom. The minimum absolute atomic E-state index is 0.223. The van der Waals surface area contributed by atoms with Crippen LogP contribution in [0.4, 0.5) is 0 Å². The largest absolute Gasteiger partial charge is 0.367 e. The summed E-state index contributed by atoms with van der Waals surface area (Å²) in [6.45, 7) is 2.62. The second-order valence-corrected chi connectivity index (χ2v) is 9.81. The van der Waals surface area contributed by atoms with Gasteiger partial charge in [-0.3, -0.25) is 0 Å². The number of hydrogen-bond donors (Lipinski definition) is 1. The molecule has 0 aliphatic carbocycles. The lowest BCUT2D eigenvalue weighted by molar-refractivity contribution is -0.177. The lowest BCUT2D eigenvalue weighted by Gasteiger charge is -2.38. The molecular formula is C20H22BrNO5S. The lowest BCUT2D eigenvalue weighted by atomic mass is 10.0. The van der Waals surface area contributed by atoms with Crippen molar-refractivity contribution in [3.8, 4) is 0 Å². The number of ether oxygens (including phenoxy) is 3. The highest BCUT2D eigenvalue weighted by Gasteiger charge is 2.51. The number of aryl methyl sites for hydroxylation is 1. The van der Waals surface area contributed by atoms with E-state index in [4.69, 9.17) is 14.2 Å². The van der Waals surface area contributed by atoms with Gasteiger partial charge in [0.15, 0.2) is 6.29 Å². The predicted octanol–water partition coefficient (Wildman–Crippen LogP) is 2.75. The summed E-state index contributed by atoms with van der Waals surface area (Å²) in [7, 11) is -3.70. The highest BCUT2D eigenvalue weighted by Crippen LogP contribution is 2.35. The van der Waals surface area contributed by atoms with Crippen LogP contribution in [0.15, 0.2) is 59.5 Å². The summed E-state index contributed by atoms with van der Waals surface area (Å²) in [6, 6.07) is 16.0.